The van der Waals surface area contributed by atoms with E-state index >= 15 is 0 Å². The van der Waals surface area contributed by atoms with Gasteiger partial charge in [-0.1, -0.05) is 19.1 Å². The molecule has 0 saturated carbocycles. The summed E-state index contributed by atoms with van der Waals surface area (Å²) in [5, 5.41) is 2.68. The van der Waals surface area contributed by atoms with Gasteiger partial charge in [0, 0.05) is 6.54 Å². The highest BCUT2D eigenvalue weighted by molar-refractivity contribution is 5.81. The SMILES string of the molecule is CC[C@@H](N)C(=O)NCc1ccc(F)cc1. The predicted molar refractivity (Wildman–Crippen MR) is 56.5 cm³/mol. The molecule has 1 aromatic rings. The lowest BCUT2D eigenvalue weighted by atomic mass is 10.2. The van der Waals surface area contributed by atoms with Crippen molar-refractivity contribution in [3.8, 4) is 0 Å². The fourth-order valence-electron chi connectivity index (χ4n) is 1.11. The lowest BCUT2D eigenvalue weighted by Gasteiger charge is -2.09. The van der Waals surface area contributed by atoms with Crippen molar-refractivity contribution in [1.29, 1.82) is 0 Å². The Kier molecular flexibility index (Phi) is 4.24. The number of nitrogens with one attached hydrogen (secondary N) is 1. The minimum absolute atomic E-state index is 0.179. The molecule has 15 heavy (non-hydrogen) atoms. The van der Waals surface area contributed by atoms with Crippen molar-refractivity contribution >= 4 is 5.91 Å². The monoisotopic (exact) mass is 210 g/mol. The van der Waals surface area contributed by atoms with E-state index in [0.717, 1.165) is 5.56 Å². The molecule has 82 valence electrons. The van der Waals surface area contributed by atoms with Gasteiger partial charge in [-0.25, -0.2) is 4.39 Å². The molecular formula is C11H15FN2O. The Labute approximate surface area is 88.5 Å². The van der Waals surface area contributed by atoms with Gasteiger partial charge in [-0.15, -0.1) is 0 Å². The first kappa shape index (κ1) is 11.7. The lowest BCUT2D eigenvalue weighted by molar-refractivity contribution is -0.122. The lowest BCUT2D eigenvalue weighted by Crippen LogP contribution is -2.39. The van der Waals surface area contributed by atoms with Crippen LogP contribution < -0.4 is 11.1 Å². The molecule has 0 unspecified atom stereocenters. The van der Waals surface area contributed by atoms with Gasteiger partial charge in [0.25, 0.3) is 0 Å². The summed E-state index contributed by atoms with van der Waals surface area (Å²) < 4.78 is 12.6. The van der Waals surface area contributed by atoms with Crippen molar-refractivity contribution in [2.75, 3.05) is 0 Å². The third-order valence-electron chi connectivity index (χ3n) is 2.16. The Morgan fingerprint density at radius 2 is 2.07 bits per heavy atom. The number of rotatable bonds is 4. The van der Waals surface area contributed by atoms with E-state index in [9.17, 15) is 9.18 Å². The van der Waals surface area contributed by atoms with Crippen molar-refractivity contribution in [2.24, 2.45) is 5.73 Å². The average Bonchev–Trinajstić information content (AvgIpc) is 2.26. The van der Waals surface area contributed by atoms with Gasteiger partial charge in [-0.2, -0.15) is 0 Å². The zero-order valence-corrected chi connectivity index (χ0v) is 8.66. The highest BCUT2D eigenvalue weighted by Crippen LogP contribution is 2.02. The molecule has 0 aliphatic rings. The quantitative estimate of drug-likeness (QED) is 0.784. The van der Waals surface area contributed by atoms with E-state index in [4.69, 9.17) is 5.73 Å². The smallest absolute Gasteiger partial charge is 0.237 e. The molecule has 0 saturated heterocycles. The summed E-state index contributed by atoms with van der Waals surface area (Å²) in [6.45, 7) is 2.23. The van der Waals surface area contributed by atoms with Gasteiger partial charge < -0.3 is 11.1 Å². The molecule has 4 heteroatoms. The van der Waals surface area contributed by atoms with Gasteiger partial charge in [0.15, 0.2) is 0 Å². The number of carbonyl (C=O) groups excluding carboxylic acids is 1. The van der Waals surface area contributed by atoms with E-state index < -0.39 is 6.04 Å². The molecule has 1 amide bonds. The Bertz CT molecular complexity index is 324. The number of nitrogens with two attached hydrogens (primary N) is 1. The molecule has 0 radical (unpaired) electrons. The minimum Gasteiger partial charge on any atom is -0.351 e. The number of amides is 1. The first-order valence-electron chi connectivity index (χ1n) is 4.91. The van der Waals surface area contributed by atoms with E-state index in [0.29, 0.717) is 13.0 Å². The number of hydrogen-bond acceptors (Lipinski definition) is 2. The average molecular weight is 210 g/mol. The molecular weight excluding hydrogens is 195 g/mol. The third kappa shape index (κ3) is 3.67. The summed E-state index contributed by atoms with van der Waals surface area (Å²) >= 11 is 0. The van der Waals surface area contributed by atoms with Crippen molar-refractivity contribution < 1.29 is 9.18 Å². The van der Waals surface area contributed by atoms with E-state index in [-0.39, 0.29) is 11.7 Å². The summed E-state index contributed by atoms with van der Waals surface area (Å²) in [6.07, 6.45) is 0.606. The van der Waals surface area contributed by atoms with Gasteiger partial charge in [0.1, 0.15) is 5.82 Å². The highest BCUT2D eigenvalue weighted by atomic mass is 19.1. The largest absolute Gasteiger partial charge is 0.351 e. The van der Waals surface area contributed by atoms with Gasteiger partial charge in [0.05, 0.1) is 6.04 Å². The maximum atomic E-state index is 12.6. The van der Waals surface area contributed by atoms with Gasteiger partial charge in [-0.3, -0.25) is 4.79 Å². The van der Waals surface area contributed by atoms with Crippen LogP contribution in [-0.2, 0) is 11.3 Å². The molecule has 0 spiro atoms. The van der Waals surface area contributed by atoms with E-state index in [1.54, 1.807) is 12.1 Å². The van der Waals surface area contributed by atoms with Crippen molar-refractivity contribution in [1.82, 2.24) is 5.32 Å². The molecule has 3 nitrogen and oxygen atoms in total. The van der Waals surface area contributed by atoms with Crippen LogP contribution in [0.3, 0.4) is 0 Å². The maximum absolute atomic E-state index is 12.6. The zero-order chi connectivity index (χ0) is 11.3. The standard InChI is InChI=1S/C11H15FN2O/c1-2-10(13)11(15)14-7-8-3-5-9(12)6-4-8/h3-6,10H,2,7,13H2,1H3,(H,14,15)/t10-/m1/s1. The zero-order valence-electron chi connectivity index (χ0n) is 8.66. The molecule has 1 aromatic carbocycles. The maximum Gasteiger partial charge on any atom is 0.237 e. The highest BCUT2D eigenvalue weighted by Gasteiger charge is 2.09. The van der Waals surface area contributed by atoms with Crippen LogP contribution >= 0.6 is 0 Å². The van der Waals surface area contributed by atoms with Crippen LogP contribution in [0.25, 0.3) is 0 Å². The van der Waals surface area contributed by atoms with Crippen LogP contribution in [-0.4, -0.2) is 11.9 Å². The number of benzene rings is 1. The van der Waals surface area contributed by atoms with Crippen LogP contribution in [0.5, 0.6) is 0 Å². The van der Waals surface area contributed by atoms with Gasteiger partial charge in [0.2, 0.25) is 5.91 Å². The fourth-order valence-corrected chi connectivity index (χ4v) is 1.11. The first-order valence-corrected chi connectivity index (χ1v) is 4.91. The van der Waals surface area contributed by atoms with Crippen molar-refractivity contribution in [3.63, 3.8) is 0 Å². The summed E-state index contributed by atoms with van der Waals surface area (Å²) in [5.41, 5.74) is 6.39. The molecule has 0 bridgehead atoms. The number of carbonyl (C=O) groups is 1. The third-order valence-corrected chi connectivity index (χ3v) is 2.16. The molecule has 3 N–H and O–H groups in total. The van der Waals surface area contributed by atoms with E-state index in [1.165, 1.54) is 12.1 Å². The van der Waals surface area contributed by atoms with Crippen LogP contribution in [0.4, 0.5) is 4.39 Å². The fraction of sp³-hybridized carbons (Fsp3) is 0.364. The molecule has 1 atom stereocenters. The van der Waals surface area contributed by atoms with Crippen LogP contribution in [0.15, 0.2) is 24.3 Å². The second-order valence-corrected chi connectivity index (χ2v) is 3.36. The van der Waals surface area contributed by atoms with Crippen molar-refractivity contribution in [3.05, 3.63) is 35.6 Å². The van der Waals surface area contributed by atoms with Crippen molar-refractivity contribution in [2.45, 2.75) is 25.9 Å². The minimum atomic E-state index is -0.467. The Balaban J connectivity index is 2.43. The topological polar surface area (TPSA) is 55.1 Å². The molecule has 1 rings (SSSR count). The normalized spacial score (nSPS) is 12.2. The van der Waals surface area contributed by atoms with E-state index in [2.05, 4.69) is 5.32 Å². The van der Waals surface area contributed by atoms with Crippen LogP contribution in [0.2, 0.25) is 0 Å². The second-order valence-electron chi connectivity index (χ2n) is 3.36. The van der Waals surface area contributed by atoms with E-state index in [1.807, 2.05) is 6.92 Å². The molecule has 0 aliphatic heterocycles. The Morgan fingerprint density at radius 1 is 1.47 bits per heavy atom. The number of halogens is 1. The summed E-state index contributed by atoms with van der Waals surface area (Å²) in [6, 6.07) is 5.52. The number of hydrogen-bond donors (Lipinski definition) is 2. The van der Waals surface area contributed by atoms with Crippen LogP contribution in [0.1, 0.15) is 18.9 Å². The first-order chi connectivity index (χ1) is 7.13. The molecule has 0 aliphatic carbocycles. The van der Waals surface area contributed by atoms with Gasteiger partial charge >= 0.3 is 0 Å². The van der Waals surface area contributed by atoms with Gasteiger partial charge in [-0.05, 0) is 24.1 Å². The Hall–Kier alpha value is -1.42. The summed E-state index contributed by atoms with van der Waals surface area (Å²) in [4.78, 5) is 11.3. The molecule has 0 heterocycles. The molecule has 0 aromatic heterocycles. The predicted octanol–water partition coefficient (Wildman–Crippen LogP) is 1.18. The molecule has 0 fully saturated rings. The second kappa shape index (κ2) is 5.46. The Morgan fingerprint density at radius 3 is 2.60 bits per heavy atom. The summed E-state index contributed by atoms with van der Waals surface area (Å²) in [5.74, 6) is -0.461. The van der Waals surface area contributed by atoms with Crippen LogP contribution in [0, 0.1) is 5.82 Å². The summed E-state index contributed by atoms with van der Waals surface area (Å²) in [7, 11) is 0.